The number of benzene rings is 1. The smallest absolute Gasteiger partial charge is 0.221 e. The maximum Gasteiger partial charge on any atom is 0.221 e. The summed E-state index contributed by atoms with van der Waals surface area (Å²) in [5, 5.41) is 7.04. The molecule has 0 spiro atoms. The van der Waals surface area contributed by atoms with Gasteiger partial charge in [0.25, 0.3) is 0 Å². The first-order valence-electron chi connectivity index (χ1n) is 6.65. The maximum atomic E-state index is 11.6. The minimum Gasteiger partial charge on any atom is -0.352 e. The second kappa shape index (κ2) is 6.34. The number of aromatic nitrogens is 2. The molecule has 0 radical (unpaired) electrons. The van der Waals surface area contributed by atoms with Crippen LogP contribution < -0.4 is 11.1 Å². The van der Waals surface area contributed by atoms with Crippen molar-refractivity contribution in [2.45, 2.75) is 25.9 Å². The van der Waals surface area contributed by atoms with Gasteiger partial charge in [0, 0.05) is 37.8 Å². The Morgan fingerprint density at radius 2 is 2.25 bits per heavy atom. The zero-order chi connectivity index (χ0) is 14.5. The number of nitrogens with zero attached hydrogens (tertiary/aromatic N) is 2. The van der Waals surface area contributed by atoms with E-state index in [1.165, 1.54) is 0 Å². The number of rotatable bonds is 5. The van der Waals surface area contributed by atoms with Gasteiger partial charge >= 0.3 is 0 Å². The van der Waals surface area contributed by atoms with Crippen LogP contribution in [0.2, 0.25) is 0 Å². The van der Waals surface area contributed by atoms with Crippen LogP contribution in [-0.2, 0) is 18.4 Å². The summed E-state index contributed by atoms with van der Waals surface area (Å²) in [7, 11) is 1.89. The third-order valence-electron chi connectivity index (χ3n) is 2.96. The van der Waals surface area contributed by atoms with Gasteiger partial charge in [-0.3, -0.25) is 9.48 Å². The summed E-state index contributed by atoms with van der Waals surface area (Å²) in [5.41, 5.74) is 8.81. The molecule has 1 aromatic heterocycles. The monoisotopic (exact) mass is 272 g/mol. The molecule has 20 heavy (non-hydrogen) atoms. The van der Waals surface area contributed by atoms with E-state index in [0.717, 1.165) is 16.7 Å². The molecule has 1 unspecified atom stereocenters. The fourth-order valence-corrected chi connectivity index (χ4v) is 2.00. The highest BCUT2D eigenvalue weighted by Gasteiger charge is 2.05. The summed E-state index contributed by atoms with van der Waals surface area (Å²) in [6, 6.07) is 7.95. The van der Waals surface area contributed by atoms with Crippen molar-refractivity contribution in [1.82, 2.24) is 15.1 Å². The van der Waals surface area contributed by atoms with Crippen molar-refractivity contribution < 1.29 is 4.79 Å². The first-order valence-corrected chi connectivity index (χ1v) is 6.65. The van der Waals surface area contributed by atoms with E-state index >= 15 is 0 Å². The van der Waals surface area contributed by atoms with Crippen LogP contribution in [0.1, 0.15) is 18.9 Å². The topological polar surface area (TPSA) is 72.9 Å². The Morgan fingerprint density at radius 1 is 1.45 bits per heavy atom. The molecule has 0 bridgehead atoms. The standard InChI is InChI=1S/C15H20N4O/c1-11(16)6-15(20)17-8-12-4-3-5-13(7-12)14-9-18-19(2)10-14/h3-5,7,9-11H,6,8,16H2,1-2H3,(H,17,20). The Kier molecular flexibility index (Phi) is 4.53. The highest BCUT2D eigenvalue weighted by molar-refractivity contribution is 5.76. The zero-order valence-electron chi connectivity index (χ0n) is 11.8. The van der Waals surface area contributed by atoms with Crippen molar-refractivity contribution in [2.75, 3.05) is 0 Å². The van der Waals surface area contributed by atoms with Crippen LogP contribution in [-0.4, -0.2) is 21.7 Å². The molecule has 0 saturated carbocycles. The molecule has 1 amide bonds. The lowest BCUT2D eigenvalue weighted by molar-refractivity contribution is -0.121. The fourth-order valence-electron chi connectivity index (χ4n) is 2.00. The Bertz CT molecular complexity index is 589. The molecule has 2 aromatic rings. The normalized spacial score (nSPS) is 12.2. The number of hydrogen-bond donors (Lipinski definition) is 2. The second-order valence-corrected chi connectivity index (χ2v) is 5.06. The van der Waals surface area contributed by atoms with Crippen molar-refractivity contribution in [3.8, 4) is 11.1 Å². The predicted molar refractivity (Wildman–Crippen MR) is 78.8 cm³/mol. The van der Waals surface area contributed by atoms with E-state index in [9.17, 15) is 4.79 Å². The molecule has 5 heteroatoms. The Balaban J connectivity index is 2.01. The molecule has 1 heterocycles. The molecule has 0 aliphatic heterocycles. The lowest BCUT2D eigenvalue weighted by Gasteiger charge is -2.08. The molecule has 2 rings (SSSR count). The summed E-state index contributed by atoms with van der Waals surface area (Å²) in [5.74, 6) is -0.0215. The van der Waals surface area contributed by atoms with Gasteiger partial charge in [-0.2, -0.15) is 5.10 Å². The van der Waals surface area contributed by atoms with Gasteiger partial charge in [0.2, 0.25) is 5.91 Å². The van der Waals surface area contributed by atoms with Gasteiger partial charge in [0.15, 0.2) is 0 Å². The number of nitrogens with one attached hydrogen (secondary N) is 1. The van der Waals surface area contributed by atoms with Crippen LogP contribution in [0, 0.1) is 0 Å². The zero-order valence-corrected chi connectivity index (χ0v) is 11.8. The molecule has 0 saturated heterocycles. The summed E-state index contributed by atoms with van der Waals surface area (Å²) in [4.78, 5) is 11.6. The molecule has 0 aliphatic rings. The largest absolute Gasteiger partial charge is 0.352 e. The number of hydrogen-bond acceptors (Lipinski definition) is 3. The molecule has 1 aromatic carbocycles. The van der Waals surface area contributed by atoms with Gasteiger partial charge in [0.05, 0.1) is 6.20 Å². The molecule has 1 atom stereocenters. The van der Waals surface area contributed by atoms with Gasteiger partial charge < -0.3 is 11.1 Å². The number of carbonyl (C=O) groups excluding carboxylic acids is 1. The molecular formula is C15H20N4O. The van der Waals surface area contributed by atoms with Crippen LogP contribution in [0.15, 0.2) is 36.7 Å². The minimum atomic E-state index is -0.114. The number of carbonyl (C=O) groups is 1. The van der Waals surface area contributed by atoms with E-state index in [-0.39, 0.29) is 11.9 Å². The molecule has 0 fully saturated rings. The van der Waals surface area contributed by atoms with Gasteiger partial charge in [-0.25, -0.2) is 0 Å². The highest BCUT2D eigenvalue weighted by Crippen LogP contribution is 2.19. The first-order chi connectivity index (χ1) is 9.54. The third kappa shape index (κ3) is 3.93. The first kappa shape index (κ1) is 14.3. The van der Waals surface area contributed by atoms with Crippen molar-refractivity contribution in [3.63, 3.8) is 0 Å². The number of amides is 1. The quantitative estimate of drug-likeness (QED) is 0.865. The number of aryl methyl sites for hydroxylation is 1. The minimum absolute atomic E-state index is 0.0215. The van der Waals surface area contributed by atoms with Crippen LogP contribution in [0.3, 0.4) is 0 Å². The SMILES string of the molecule is CC(N)CC(=O)NCc1cccc(-c2cnn(C)c2)c1. The Morgan fingerprint density at radius 3 is 2.90 bits per heavy atom. The molecule has 106 valence electrons. The van der Waals surface area contributed by atoms with Crippen molar-refractivity contribution in [3.05, 3.63) is 42.2 Å². The summed E-state index contributed by atoms with van der Waals surface area (Å²) < 4.78 is 1.77. The lowest BCUT2D eigenvalue weighted by Crippen LogP contribution is -2.29. The van der Waals surface area contributed by atoms with Crippen molar-refractivity contribution >= 4 is 5.91 Å². The Hall–Kier alpha value is -2.14. The summed E-state index contributed by atoms with van der Waals surface area (Å²) >= 11 is 0. The second-order valence-electron chi connectivity index (χ2n) is 5.06. The van der Waals surface area contributed by atoms with E-state index in [1.54, 1.807) is 4.68 Å². The molecular weight excluding hydrogens is 252 g/mol. The van der Waals surface area contributed by atoms with E-state index in [2.05, 4.69) is 16.5 Å². The van der Waals surface area contributed by atoms with Crippen LogP contribution in [0.5, 0.6) is 0 Å². The van der Waals surface area contributed by atoms with E-state index in [4.69, 9.17) is 5.73 Å². The van der Waals surface area contributed by atoms with Crippen molar-refractivity contribution in [1.29, 1.82) is 0 Å². The van der Waals surface area contributed by atoms with Crippen molar-refractivity contribution in [2.24, 2.45) is 12.8 Å². The van der Waals surface area contributed by atoms with Gasteiger partial charge in [-0.05, 0) is 24.1 Å². The maximum absolute atomic E-state index is 11.6. The molecule has 3 N–H and O–H groups in total. The van der Waals surface area contributed by atoms with E-state index < -0.39 is 0 Å². The van der Waals surface area contributed by atoms with Gasteiger partial charge in [-0.1, -0.05) is 18.2 Å². The number of nitrogens with two attached hydrogens (primary N) is 1. The van der Waals surface area contributed by atoms with E-state index in [1.807, 2.05) is 44.6 Å². The van der Waals surface area contributed by atoms with Gasteiger partial charge in [0.1, 0.15) is 0 Å². The summed E-state index contributed by atoms with van der Waals surface area (Å²) in [6.45, 7) is 2.34. The fraction of sp³-hybridized carbons (Fsp3) is 0.333. The summed E-state index contributed by atoms with van der Waals surface area (Å²) in [6.07, 6.45) is 4.14. The average Bonchev–Trinajstić information content (AvgIpc) is 2.83. The van der Waals surface area contributed by atoms with Gasteiger partial charge in [-0.15, -0.1) is 0 Å². The van der Waals surface area contributed by atoms with E-state index in [0.29, 0.717) is 13.0 Å². The predicted octanol–water partition coefficient (Wildman–Crippen LogP) is 1.44. The van der Waals surface area contributed by atoms with Crippen LogP contribution in [0.25, 0.3) is 11.1 Å². The highest BCUT2D eigenvalue weighted by atomic mass is 16.1. The van der Waals surface area contributed by atoms with Crippen LogP contribution >= 0.6 is 0 Å². The molecule has 0 aliphatic carbocycles. The lowest BCUT2D eigenvalue weighted by atomic mass is 10.1. The molecule has 5 nitrogen and oxygen atoms in total. The third-order valence-corrected chi connectivity index (χ3v) is 2.96. The average molecular weight is 272 g/mol. The Labute approximate surface area is 118 Å². The van der Waals surface area contributed by atoms with Crippen LogP contribution in [0.4, 0.5) is 0 Å².